The maximum Gasteiger partial charge on any atom is 0.241 e. The Labute approximate surface area is 146 Å². The molecule has 0 saturated carbocycles. The zero-order valence-electron chi connectivity index (χ0n) is 13.8. The Hall–Kier alpha value is -2.71. The van der Waals surface area contributed by atoms with E-state index in [1.807, 2.05) is 30.3 Å². The molecule has 2 N–H and O–H groups in total. The third-order valence-electron chi connectivity index (χ3n) is 3.65. The largest absolute Gasteiger partial charge is 0.497 e. The average Bonchev–Trinajstić information content (AvgIpc) is 3.06. The summed E-state index contributed by atoms with van der Waals surface area (Å²) in [6.45, 7) is 1.76. The van der Waals surface area contributed by atoms with Gasteiger partial charge in [0.25, 0.3) is 0 Å². The minimum Gasteiger partial charge on any atom is -0.497 e. The molecule has 0 aliphatic heterocycles. The number of aromatic nitrogens is 3. The van der Waals surface area contributed by atoms with E-state index in [1.54, 1.807) is 19.1 Å². The fourth-order valence-electron chi connectivity index (χ4n) is 2.38. The highest BCUT2D eigenvalue weighted by Crippen LogP contribution is 2.23. The van der Waals surface area contributed by atoms with Crippen molar-refractivity contribution in [1.82, 2.24) is 19.9 Å². The lowest BCUT2D eigenvalue weighted by atomic mass is 10.1. The van der Waals surface area contributed by atoms with E-state index >= 15 is 0 Å². The predicted octanol–water partition coefficient (Wildman–Crippen LogP) is 2.19. The molecular formula is C17H18N4O3S. The molecule has 3 aromatic rings. The summed E-state index contributed by atoms with van der Waals surface area (Å²) in [5.74, 6) is 1.56. The highest BCUT2D eigenvalue weighted by Gasteiger charge is 2.25. The van der Waals surface area contributed by atoms with Gasteiger partial charge in [-0.2, -0.15) is 9.82 Å². The van der Waals surface area contributed by atoms with E-state index in [0.717, 1.165) is 5.56 Å². The van der Waals surface area contributed by atoms with Crippen LogP contribution in [0.1, 0.15) is 23.3 Å². The van der Waals surface area contributed by atoms with Crippen molar-refractivity contribution >= 4 is 10.0 Å². The van der Waals surface area contributed by atoms with Gasteiger partial charge in [0.2, 0.25) is 10.0 Å². The molecule has 0 aliphatic rings. The minimum atomic E-state index is -3.77. The molecule has 3 rings (SSSR count). The molecule has 7 nitrogen and oxygen atoms in total. The molecular weight excluding hydrogens is 340 g/mol. The number of H-pyrrole nitrogens is 1. The first-order chi connectivity index (χ1) is 12.0. The number of nitrogens with one attached hydrogen (secondary N) is 2. The molecule has 0 spiro atoms. The Morgan fingerprint density at radius 2 is 1.76 bits per heavy atom. The molecule has 25 heavy (non-hydrogen) atoms. The number of aryl methyl sites for hydroxylation is 1. The van der Waals surface area contributed by atoms with Gasteiger partial charge in [0, 0.05) is 0 Å². The molecule has 0 fully saturated rings. The quantitative estimate of drug-likeness (QED) is 0.704. The lowest BCUT2D eigenvalue weighted by Crippen LogP contribution is -2.30. The summed E-state index contributed by atoms with van der Waals surface area (Å²) >= 11 is 0. The minimum absolute atomic E-state index is 0.140. The molecule has 8 heteroatoms. The summed E-state index contributed by atoms with van der Waals surface area (Å²) in [5, 5.41) is 6.86. The van der Waals surface area contributed by atoms with Crippen LogP contribution in [0, 0.1) is 6.92 Å². The van der Waals surface area contributed by atoms with E-state index in [2.05, 4.69) is 19.9 Å². The van der Waals surface area contributed by atoms with E-state index in [9.17, 15) is 8.42 Å². The van der Waals surface area contributed by atoms with Crippen LogP contribution in [-0.4, -0.2) is 30.7 Å². The molecule has 1 heterocycles. The summed E-state index contributed by atoms with van der Waals surface area (Å²) in [6, 6.07) is 14.7. The van der Waals surface area contributed by atoms with Crippen molar-refractivity contribution in [2.24, 2.45) is 0 Å². The number of rotatable bonds is 6. The number of nitrogens with zero attached hydrogens (tertiary/aromatic N) is 2. The van der Waals surface area contributed by atoms with Crippen LogP contribution in [0.5, 0.6) is 5.75 Å². The van der Waals surface area contributed by atoms with Crippen molar-refractivity contribution in [2.75, 3.05) is 7.11 Å². The smallest absolute Gasteiger partial charge is 0.241 e. The maximum absolute atomic E-state index is 12.8. The van der Waals surface area contributed by atoms with Crippen molar-refractivity contribution in [3.8, 4) is 5.75 Å². The number of hydrogen-bond acceptors (Lipinski definition) is 5. The van der Waals surface area contributed by atoms with E-state index in [0.29, 0.717) is 17.4 Å². The zero-order valence-corrected chi connectivity index (χ0v) is 14.6. The Morgan fingerprint density at radius 3 is 2.32 bits per heavy atom. The standard InChI is InChI=1S/C17H18N4O3S/c1-12-18-17(20-19-12)16(13-6-4-3-5-7-13)21-25(22,23)15-10-8-14(24-2)9-11-15/h3-11,16,21H,1-2H3,(H,18,19,20). The van der Waals surface area contributed by atoms with Crippen LogP contribution in [-0.2, 0) is 10.0 Å². The average molecular weight is 358 g/mol. The van der Waals surface area contributed by atoms with Gasteiger partial charge in [-0.05, 0) is 36.8 Å². The first-order valence-electron chi connectivity index (χ1n) is 7.60. The lowest BCUT2D eigenvalue weighted by molar-refractivity contribution is 0.414. The number of methoxy groups -OCH3 is 1. The maximum atomic E-state index is 12.8. The second-order valence-corrected chi connectivity index (χ2v) is 7.13. The number of aromatic amines is 1. The fraction of sp³-hybridized carbons (Fsp3) is 0.176. The highest BCUT2D eigenvalue weighted by atomic mass is 32.2. The first kappa shape index (κ1) is 17.1. The number of sulfonamides is 1. The van der Waals surface area contributed by atoms with Crippen LogP contribution in [0.4, 0.5) is 0 Å². The Bertz CT molecular complexity index is 938. The molecule has 0 radical (unpaired) electrons. The summed E-state index contributed by atoms with van der Waals surface area (Å²) in [5.41, 5.74) is 0.749. The molecule has 0 bridgehead atoms. The van der Waals surface area contributed by atoms with Gasteiger partial charge in [-0.25, -0.2) is 13.4 Å². The fourth-order valence-corrected chi connectivity index (χ4v) is 3.56. The third-order valence-corrected chi connectivity index (χ3v) is 5.09. The normalized spacial score (nSPS) is 12.7. The summed E-state index contributed by atoms with van der Waals surface area (Å²) < 4.78 is 33.3. The van der Waals surface area contributed by atoms with Gasteiger partial charge in [0.1, 0.15) is 17.6 Å². The lowest BCUT2D eigenvalue weighted by Gasteiger charge is -2.16. The van der Waals surface area contributed by atoms with Crippen molar-refractivity contribution in [1.29, 1.82) is 0 Å². The Balaban J connectivity index is 1.96. The van der Waals surface area contributed by atoms with E-state index < -0.39 is 16.1 Å². The van der Waals surface area contributed by atoms with Crippen molar-refractivity contribution in [2.45, 2.75) is 17.9 Å². The number of hydrogen-bond donors (Lipinski definition) is 2. The topological polar surface area (TPSA) is 97.0 Å². The van der Waals surface area contributed by atoms with E-state index in [4.69, 9.17) is 4.74 Å². The van der Waals surface area contributed by atoms with Crippen LogP contribution < -0.4 is 9.46 Å². The molecule has 1 unspecified atom stereocenters. The molecule has 2 aromatic carbocycles. The summed E-state index contributed by atoms with van der Waals surface area (Å²) in [7, 11) is -2.24. The molecule has 0 saturated heterocycles. The van der Waals surface area contributed by atoms with Crippen molar-refractivity contribution in [3.05, 3.63) is 71.8 Å². The van der Waals surface area contributed by atoms with Gasteiger partial charge in [0.05, 0.1) is 12.0 Å². The second kappa shape index (κ2) is 7.04. The van der Waals surface area contributed by atoms with Gasteiger partial charge in [0.15, 0.2) is 5.82 Å². The Morgan fingerprint density at radius 1 is 1.08 bits per heavy atom. The van der Waals surface area contributed by atoms with Gasteiger partial charge in [-0.1, -0.05) is 30.3 Å². The SMILES string of the molecule is COc1ccc(S(=O)(=O)NC(c2ccccc2)c2n[nH]c(C)n2)cc1. The number of benzene rings is 2. The van der Waals surface area contributed by atoms with Crippen LogP contribution >= 0.6 is 0 Å². The summed E-state index contributed by atoms with van der Waals surface area (Å²) in [6.07, 6.45) is 0. The number of ether oxygens (including phenoxy) is 1. The molecule has 0 aliphatic carbocycles. The van der Waals surface area contributed by atoms with Gasteiger partial charge < -0.3 is 4.74 Å². The predicted molar refractivity (Wildman–Crippen MR) is 92.7 cm³/mol. The first-order valence-corrected chi connectivity index (χ1v) is 9.08. The van der Waals surface area contributed by atoms with E-state index in [-0.39, 0.29) is 4.90 Å². The Kier molecular flexibility index (Phi) is 4.82. The van der Waals surface area contributed by atoms with Gasteiger partial charge in [-0.15, -0.1) is 0 Å². The molecule has 130 valence electrons. The second-order valence-electron chi connectivity index (χ2n) is 5.42. The third kappa shape index (κ3) is 3.86. The van der Waals surface area contributed by atoms with Crippen LogP contribution in [0.2, 0.25) is 0 Å². The van der Waals surface area contributed by atoms with E-state index in [1.165, 1.54) is 19.2 Å². The summed E-state index contributed by atoms with van der Waals surface area (Å²) in [4.78, 5) is 4.42. The van der Waals surface area contributed by atoms with Crippen LogP contribution in [0.3, 0.4) is 0 Å². The van der Waals surface area contributed by atoms with Gasteiger partial charge in [-0.3, -0.25) is 5.10 Å². The van der Waals surface area contributed by atoms with Crippen molar-refractivity contribution < 1.29 is 13.2 Å². The van der Waals surface area contributed by atoms with Crippen LogP contribution in [0.15, 0.2) is 59.5 Å². The van der Waals surface area contributed by atoms with Crippen molar-refractivity contribution in [3.63, 3.8) is 0 Å². The highest BCUT2D eigenvalue weighted by molar-refractivity contribution is 7.89. The van der Waals surface area contributed by atoms with Gasteiger partial charge >= 0.3 is 0 Å². The molecule has 0 amide bonds. The zero-order chi connectivity index (χ0) is 17.9. The molecule has 1 atom stereocenters. The monoisotopic (exact) mass is 358 g/mol. The van der Waals surface area contributed by atoms with Crippen LogP contribution in [0.25, 0.3) is 0 Å². The molecule has 1 aromatic heterocycles.